The fourth-order valence-electron chi connectivity index (χ4n) is 2.39. The van der Waals surface area contributed by atoms with Crippen LogP contribution >= 0.6 is 12.6 Å². The van der Waals surface area contributed by atoms with E-state index in [1.165, 1.54) is 0 Å². The van der Waals surface area contributed by atoms with Crippen LogP contribution in [0.3, 0.4) is 0 Å². The fraction of sp³-hybridized carbons (Fsp3) is 0.667. The number of nitrogens with one attached hydrogen (secondary N) is 3. The number of rotatable bonds is 15. The van der Waals surface area contributed by atoms with Gasteiger partial charge in [-0.2, -0.15) is 12.6 Å². The summed E-state index contributed by atoms with van der Waals surface area (Å²) in [6, 6.07) is -4.96. The Morgan fingerprint density at radius 1 is 0.812 bits per heavy atom. The molecule has 13 nitrogen and oxygen atoms in total. The lowest BCUT2D eigenvalue weighted by molar-refractivity contribution is -0.143. The van der Waals surface area contributed by atoms with Gasteiger partial charge in [-0.05, 0) is 18.8 Å². The molecule has 0 bridgehead atoms. The average Bonchev–Trinajstić information content (AvgIpc) is 2.70. The summed E-state index contributed by atoms with van der Waals surface area (Å²) < 4.78 is 0. The van der Waals surface area contributed by atoms with Crippen molar-refractivity contribution in [3.05, 3.63) is 0 Å². The Morgan fingerprint density at radius 2 is 1.28 bits per heavy atom. The van der Waals surface area contributed by atoms with Crippen LogP contribution in [0.5, 0.6) is 0 Å². The zero-order valence-corrected chi connectivity index (χ0v) is 18.8. The van der Waals surface area contributed by atoms with E-state index >= 15 is 0 Å². The van der Waals surface area contributed by atoms with Gasteiger partial charge in [0.15, 0.2) is 0 Å². The summed E-state index contributed by atoms with van der Waals surface area (Å²) in [4.78, 5) is 70.4. The number of carboxylic acid groups (broad SMARTS) is 2. The smallest absolute Gasteiger partial charge is 0.326 e. The molecule has 0 aromatic rings. The molecule has 0 aliphatic carbocycles. The van der Waals surface area contributed by atoms with E-state index in [9.17, 15) is 33.9 Å². The number of nitrogens with two attached hydrogens (primary N) is 2. The van der Waals surface area contributed by atoms with Gasteiger partial charge in [0, 0.05) is 18.6 Å². The third-order valence-corrected chi connectivity index (χ3v) is 4.78. The third kappa shape index (κ3) is 10.9. The van der Waals surface area contributed by atoms with Gasteiger partial charge in [-0.15, -0.1) is 0 Å². The second-order valence-corrected chi connectivity index (χ2v) is 7.78. The number of thiol groups is 1. The van der Waals surface area contributed by atoms with Crippen LogP contribution in [0.4, 0.5) is 0 Å². The van der Waals surface area contributed by atoms with E-state index in [0.29, 0.717) is 0 Å². The number of carbonyl (C=O) groups excluding carboxylic acids is 4. The van der Waals surface area contributed by atoms with E-state index in [1.54, 1.807) is 13.8 Å². The van der Waals surface area contributed by atoms with E-state index in [0.717, 1.165) is 0 Å². The molecule has 0 aliphatic rings. The van der Waals surface area contributed by atoms with Crippen molar-refractivity contribution in [2.24, 2.45) is 17.4 Å². The molecule has 4 atom stereocenters. The zero-order valence-electron chi connectivity index (χ0n) is 17.9. The molecule has 4 unspecified atom stereocenters. The van der Waals surface area contributed by atoms with Crippen LogP contribution < -0.4 is 27.4 Å². The van der Waals surface area contributed by atoms with Crippen molar-refractivity contribution in [3.8, 4) is 0 Å². The highest BCUT2D eigenvalue weighted by Gasteiger charge is 2.30. The highest BCUT2D eigenvalue weighted by molar-refractivity contribution is 7.80. The topological polar surface area (TPSA) is 231 Å². The maximum absolute atomic E-state index is 12.6. The van der Waals surface area contributed by atoms with Crippen LogP contribution in [0.1, 0.15) is 39.5 Å². The third-order valence-electron chi connectivity index (χ3n) is 4.41. The van der Waals surface area contributed by atoms with E-state index in [2.05, 4.69) is 28.6 Å². The summed E-state index contributed by atoms with van der Waals surface area (Å²) in [5.41, 5.74) is 10.8. The summed E-state index contributed by atoms with van der Waals surface area (Å²) in [6.45, 7) is 3.43. The van der Waals surface area contributed by atoms with E-state index in [4.69, 9.17) is 16.6 Å². The SMILES string of the molecule is CC(C)C(N)C(=O)NC(CS)C(=O)NC(CCC(N)=O)C(=O)NC(CCC(=O)O)C(=O)O. The van der Waals surface area contributed by atoms with Crippen molar-refractivity contribution < 1.29 is 39.0 Å². The molecule has 0 heterocycles. The van der Waals surface area contributed by atoms with E-state index < -0.39 is 72.6 Å². The molecule has 0 aliphatic heterocycles. The minimum Gasteiger partial charge on any atom is -0.481 e. The molecule has 0 saturated carbocycles. The van der Waals surface area contributed by atoms with E-state index in [1.807, 2.05) is 0 Å². The number of aliphatic carboxylic acids is 2. The van der Waals surface area contributed by atoms with Crippen molar-refractivity contribution >= 4 is 48.2 Å². The molecule has 0 aromatic heterocycles. The lowest BCUT2D eigenvalue weighted by Crippen LogP contribution is -2.58. The van der Waals surface area contributed by atoms with Crippen molar-refractivity contribution in [1.82, 2.24) is 16.0 Å². The second-order valence-electron chi connectivity index (χ2n) is 7.41. The predicted molar refractivity (Wildman–Crippen MR) is 115 cm³/mol. The quantitative estimate of drug-likeness (QED) is 0.117. The van der Waals surface area contributed by atoms with Crippen molar-refractivity contribution in [1.29, 1.82) is 0 Å². The summed E-state index contributed by atoms with van der Waals surface area (Å²) in [6.07, 6.45) is -1.47. The Hall–Kier alpha value is -2.87. The molecule has 32 heavy (non-hydrogen) atoms. The molecule has 0 spiro atoms. The first-order valence-electron chi connectivity index (χ1n) is 9.80. The molecule has 182 valence electrons. The fourth-order valence-corrected chi connectivity index (χ4v) is 2.65. The van der Waals surface area contributed by atoms with Gasteiger partial charge in [-0.3, -0.25) is 24.0 Å². The molecule has 9 N–H and O–H groups in total. The summed E-state index contributed by atoms with van der Waals surface area (Å²) in [7, 11) is 0. The Kier molecular flexibility index (Phi) is 13.0. The van der Waals surface area contributed by atoms with Gasteiger partial charge in [0.05, 0.1) is 6.04 Å². The summed E-state index contributed by atoms with van der Waals surface area (Å²) in [5.74, 6) is -6.20. The Bertz CT molecular complexity index is 717. The first-order valence-corrected chi connectivity index (χ1v) is 10.4. The Labute approximate surface area is 190 Å². The first-order chi connectivity index (χ1) is 14.8. The number of amides is 4. The van der Waals surface area contributed by atoms with Crippen LogP contribution in [0, 0.1) is 5.92 Å². The summed E-state index contributed by atoms with van der Waals surface area (Å²) >= 11 is 4.01. The van der Waals surface area contributed by atoms with Gasteiger partial charge >= 0.3 is 11.9 Å². The number of carboxylic acids is 2. The van der Waals surface area contributed by atoms with Crippen molar-refractivity contribution in [2.75, 3.05) is 5.75 Å². The van der Waals surface area contributed by atoms with Gasteiger partial charge in [0.25, 0.3) is 0 Å². The summed E-state index contributed by atoms with van der Waals surface area (Å²) in [5, 5.41) is 24.8. The van der Waals surface area contributed by atoms with Crippen molar-refractivity contribution in [2.45, 2.75) is 63.7 Å². The normalized spacial score (nSPS) is 14.5. The van der Waals surface area contributed by atoms with Crippen molar-refractivity contribution in [3.63, 3.8) is 0 Å². The molecule has 0 radical (unpaired) electrons. The molecule has 0 fully saturated rings. The average molecular weight is 478 g/mol. The highest BCUT2D eigenvalue weighted by atomic mass is 32.1. The number of primary amides is 1. The number of hydrogen-bond acceptors (Lipinski definition) is 8. The lowest BCUT2D eigenvalue weighted by atomic mass is 10.0. The molecule has 0 rings (SSSR count). The van der Waals surface area contributed by atoms with Crippen LogP contribution in [0.2, 0.25) is 0 Å². The lowest BCUT2D eigenvalue weighted by Gasteiger charge is -2.25. The number of hydrogen-bond donors (Lipinski definition) is 8. The van der Waals surface area contributed by atoms with Crippen LogP contribution in [0.15, 0.2) is 0 Å². The van der Waals surface area contributed by atoms with Gasteiger partial charge in [0.1, 0.15) is 18.1 Å². The Balaban J connectivity index is 5.37. The van der Waals surface area contributed by atoms with Gasteiger partial charge in [-0.25, -0.2) is 4.79 Å². The molecule has 14 heteroatoms. The van der Waals surface area contributed by atoms with E-state index in [-0.39, 0.29) is 24.5 Å². The molecule has 0 saturated heterocycles. The molecule has 4 amide bonds. The van der Waals surface area contributed by atoms with Crippen LogP contribution in [0.25, 0.3) is 0 Å². The Morgan fingerprint density at radius 3 is 1.72 bits per heavy atom. The van der Waals surface area contributed by atoms with Crippen LogP contribution in [-0.4, -0.2) is 75.7 Å². The molecular formula is C18H31N5O8S. The first kappa shape index (κ1) is 29.1. The standard InChI is InChI=1S/C18H31N5O8S/c1-8(2)14(20)17(29)23-11(7-32)16(28)21-9(3-5-12(19)24)15(27)22-10(18(30)31)4-6-13(25)26/h8-11,14,32H,3-7,20H2,1-2H3,(H2,19,24)(H,21,28)(H,22,27)(H,23,29)(H,25,26)(H,30,31). The maximum Gasteiger partial charge on any atom is 0.326 e. The largest absolute Gasteiger partial charge is 0.481 e. The maximum atomic E-state index is 12.6. The van der Waals surface area contributed by atoms with Gasteiger partial charge in [0.2, 0.25) is 23.6 Å². The predicted octanol–water partition coefficient (Wildman–Crippen LogP) is -2.43. The van der Waals surface area contributed by atoms with Gasteiger partial charge < -0.3 is 37.6 Å². The van der Waals surface area contributed by atoms with Gasteiger partial charge in [-0.1, -0.05) is 13.8 Å². The minimum absolute atomic E-state index is 0.136. The molecule has 0 aromatic carbocycles. The monoisotopic (exact) mass is 477 g/mol. The number of carbonyl (C=O) groups is 6. The highest BCUT2D eigenvalue weighted by Crippen LogP contribution is 2.05. The second kappa shape index (κ2) is 14.2. The molecular weight excluding hydrogens is 446 g/mol. The van der Waals surface area contributed by atoms with Crippen LogP contribution in [-0.2, 0) is 28.8 Å². The zero-order chi connectivity index (χ0) is 25.0. The minimum atomic E-state index is -1.53.